The molecule has 4 rings (SSSR count). The molecular formula is C19H28O. The first-order valence-electron chi connectivity index (χ1n) is 8.74. The van der Waals surface area contributed by atoms with Gasteiger partial charge in [0.05, 0.1) is 0 Å². The Bertz CT molecular complexity index is 464. The van der Waals surface area contributed by atoms with E-state index in [2.05, 4.69) is 26.0 Å². The Balaban J connectivity index is 1.68. The van der Waals surface area contributed by atoms with Crippen molar-refractivity contribution in [3.63, 3.8) is 0 Å². The van der Waals surface area contributed by atoms with Gasteiger partial charge in [0.25, 0.3) is 0 Å². The SMILES string of the molecule is C[C@]12CC=CC[C@@H]1CC[C@H]1[C@@H]2CC[C@]2(C)C(=O)CC[C@@H]12. The predicted molar refractivity (Wildman–Crippen MR) is 81.3 cm³/mol. The van der Waals surface area contributed by atoms with Gasteiger partial charge in [-0.1, -0.05) is 26.0 Å². The van der Waals surface area contributed by atoms with Crippen LogP contribution in [0.4, 0.5) is 0 Å². The van der Waals surface area contributed by atoms with E-state index in [0.717, 1.165) is 24.2 Å². The van der Waals surface area contributed by atoms with E-state index in [4.69, 9.17) is 0 Å². The number of allylic oxidation sites excluding steroid dienone is 2. The van der Waals surface area contributed by atoms with Crippen LogP contribution in [0, 0.1) is 34.5 Å². The number of hydrogen-bond donors (Lipinski definition) is 0. The molecule has 1 nitrogen and oxygen atoms in total. The number of hydrogen-bond acceptors (Lipinski definition) is 1. The van der Waals surface area contributed by atoms with Crippen molar-refractivity contribution in [1.29, 1.82) is 0 Å². The number of fused-ring (bicyclic) bond motifs is 5. The molecule has 0 N–H and O–H groups in total. The van der Waals surface area contributed by atoms with E-state index in [-0.39, 0.29) is 5.41 Å². The van der Waals surface area contributed by atoms with Crippen LogP contribution < -0.4 is 0 Å². The van der Waals surface area contributed by atoms with Crippen molar-refractivity contribution in [3.05, 3.63) is 12.2 Å². The van der Waals surface area contributed by atoms with Crippen molar-refractivity contribution in [2.45, 2.75) is 65.2 Å². The second kappa shape index (κ2) is 4.21. The summed E-state index contributed by atoms with van der Waals surface area (Å²) in [6.07, 6.45) is 14.8. The van der Waals surface area contributed by atoms with E-state index in [1.807, 2.05) is 0 Å². The third kappa shape index (κ3) is 1.53. The van der Waals surface area contributed by atoms with Crippen LogP contribution in [-0.2, 0) is 4.79 Å². The molecule has 1 heteroatoms. The van der Waals surface area contributed by atoms with E-state index >= 15 is 0 Å². The van der Waals surface area contributed by atoms with Crippen molar-refractivity contribution in [1.82, 2.24) is 0 Å². The number of ketones is 1. The first kappa shape index (κ1) is 13.1. The molecule has 0 heterocycles. The van der Waals surface area contributed by atoms with Crippen LogP contribution in [-0.4, -0.2) is 5.78 Å². The molecule has 20 heavy (non-hydrogen) atoms. The topological polar surface area (TPSA) is 17.1 Å². The van der Waals surface area contributed by atoms with Crippen molar-refractivity contribution >= 4 is 5.78 Å². The highest BCUT2D eigenvalue weighted by molar-refractivity contribution is 5.87. The van der Waals surface area contributed by atoms with Gasteiger partial charge in [-0.3, -0.25) is 4.79 Å². The maximum Gasteiger partial charge on any atom is 0.139 e. The van der Waals surface area contributed by atoms with Gasteiger partial charge in [-0.15, -0.1) is 0 Å². The summed E-state index contributed by atoms with van der Waals surface area (Å²) in [6, 6.07) is 0. The molecule has 4 aliphatic rings. The molecule has 3 fully saturated rings. The molecule has 0 aromatic heterocycles. The van der Waals surface area contributed by atoms with E-state index in [1.165, 1.54) is 44.9 Å². The van der Waals surface area contributed by atoms with Crippen molar-refractivity contribution < 1.29 is 4.79 Å². The molecule has 0 radical (unpaired) electrons. The maximum atomic E-state index is 12.4. The fourth-order valence-corrected chi connectivity index (χ4v) is 6.61. The molecule has 110 valence electrons. The van der Waals surface area contributed by atoms with Gasteiger partial charge in [-0.2, -0.15) is 0 Å². The Morgan fingerprint density at radius 3 is 2.75 bits per heavy atom. The Hall–Kier alpha value is -0.590. The highest BCUT2D eigenvalue weighted by atomic mass is 16.1. The van der Waals surface area contributed by atoms with E-state index < -0.39 is 0 Å². The van der Waals surface area contributed by atoms with Gasteiger partial charge >= 0.3 is 0 Å². The lowest BCUT2D eigenvalue weighted by molar-refractivity contribution is -0.136. The van der Waals surface area contributed by atoms with Crippen LogP contribution in [0.15, 0.2) is 12.2 Å². The third-order valence-electron chi connectivity index (χ3n) is 7.92. The second-order valence-corrected chi connectivity index (χ2v) is 8.49. The quantitative estimate of drug-likeness (QED) is 0.581. The first-order valence-corrected chi connectivity index (χ1v) is 8.74. The van der Waals surface area contributed by atoms with Gasteiger partial charge in [-0.05, 0) is 74.0 Å². The Labute approximate surface area is 123 Å². The molecule has 0 aromatic carbocycles. The number of Topliss-reactive ketones (excluding diaryl/α,β-unsaturated/α-hetero) is 1. The molecule has 3 saturated carbocycles. The lowest BCUT2D eigenvalue weighted by Gasteiger charge is -2.58. The fourth-order valence-electron chi connectivity index (χ4n) is 6.61. The standard InChI is InChI=1S/C19H28O/c1-18-11-4-3-5-13(18)6-7-14-15-8-9-17(20)19(15,2)12-10-16(14)18/h3-4,13-16H,5-12H2,1-2H3/t13-,14-,15+,16+,18+,19+/m1/s1. The van der Waals surface area contributed by atoms with E-state index in [0.29, 0.717) is 17.1 Å². The van der Waals surface area contributed by atoms with Crippen LogP contribution in [0.1, 0.15) is 65.2 Å². The van der Waals surface area contributed by atoms with Crippen molar-refractivity contribution in [2.24, 2.45) is 34.5 Å². The smallest absolute Gasteiger partial charge is 0.139 e. The minimum Gasteiger partial charge on any atom is -0.299 e. The van der Waals surface area contributed by atoms with Crippen LogP contribution in [0.5, 0.6) is 0 Å². The lowest BCUT2D eigenvalue weighted by atomic mass is 9.46. The highest BCUT2D eigenvalue weighted by Crippen LogP contribution is 2.64. The van der Waals surface area contributed by atoms with E-state index in [9.17, 15) is 4.79 Å². The summed E-state index contributed by atoms with van der Waals surface area (Å²) in [5.74, 6) is 3.92. The van der Waals surface area contributed by atoms with Gasteiger partial charge in [-0.25, -0.2) is 0 Å². The van der Waals surface area contributed by atoms with Crippen LogP contribution >= 0.6 is 0 Å². The van der Waals surface area contributed by atoms with Gasteiger partial charge in [0.2, 0.25) is 0 Å². The molecule has 0 aromatic rings. The number of carbonyl (C=O) groups excluding carboxylic acids is 1. The second-order valence-electron chi connectivity index (χ2n) is 8.49. The minimum absolute atomic E-state index is 0.0505. The van der Waals surface area contributed by atoms with Crippen molar-refractivity contribution in [3.8, 4) is 0 Å². The summed E-state index contributed by atoms with van der Waals surface area (Å²) >= 11 is 0. The molecule has 4 aliphatic carbocycles. The predicted octanol–water partition coefficient (Wildman–Crippen LogP) is 4.76. The number of rotatable bonds is 0. The fraction of sp³-hybridized carbons (Fsp3) is 0.842. The zero-order chi connectivity index (χ0) is 14.0. The summed E-state index contributed by atoms with van der Waals surface area (Å²) < 4.78 is 0. The van der Waals surface area contributed by atoms with E-state index in [1.54, 1.807) is 0 Å². The van der Waals surface area contributed by atoms with Crippen molar-refractivity contribution in [2.75, 3.05) is 0 Å². The van der Waals surface area contributed by atoms with Gasteiger partial charge in [0.15, 0.2) is 0 Å². The summed E-state index contributed by atoms with van der Waals surface area (Å²) in [5, 5.41) is 0. The van der Waals surface area contributed by atoms with Crippen LogP contribution in [0.25, 0.3) is 0 Å². The molecule has 0 unspecified atom stereocenters. The summed E-state index contributed by atoms with van der Waals surface area (Å²) in [7, 11) is 0. The van der Waals surface area contributed by atoms with Gasteiger partial charge < -0.3 is 0 Å². The molecule has 6 atom stereocenters. The molecule has 0 spiro atoms. The molecule has 0 bridgehead atoms. The Morgan fingerprint density at radius 1 is 1.05 bits per heavy atom. The average Bonchev–Trinajstić information content (AvgIpc) is 2.74. The minimum atomic E-state index is 0.0505. The highest BCUT2D eigenvalue weighted by Gasteiger charge is 2.59. The maximum absolute atomic E-state index is 12.4. The third-order valence-corrected chi connectivity index (χ3v) is 7.92. The summed E-state index contributed by atoms with van der Waals surface area (Å²) in [5.41, 5.74) is 0.583. The molecule has 0 amide bonds. The molecule has 0 saturated heterocycles. The zero-order valence-electron chi connectivity index (χ0n) is 13.0. The summed E-state index contributed by atoms with van der Waals surface area (Å²) in [4.78, 5) is 12.4. The summed E-state index contributed by atoms with van der Waals surface area (Å²) in [6.45, 7) is 4.86. The lowest BCUT2D eigenvalue weighted by Crippen LogP contribution is -2.52. The van der Waals surface area contributed by atoms with Crippen LogP contribution in [0.2, 0.25) is 0 Å². The van der Waals surface area contributed by atoms with Gasteiger partial charge in [0, 0.05) is 11.8 Å². The molecule has 0 aliphatic heterocycles. The Morgan fingerprint density at radius 2 is 1.90 bits per heavy atom. The number of carbonyl (C=O) groups is 1. The Kier molecular flexibility index (Phi) is 2.76. The monoisotopic (exact) mass is 272 g/mol. The average molecular weight is 272 g/mol. The van der Waals surface area contributed by atoms with Crippen LogP contribution in [0.3, 0.4) is 0 Å². The first-order chi connectivity index (χ1) is 9.56. The normalized spacial score (nSPS) is 54.2. The van der Waals surface area contributed by atoms with Gasteiger partial charge in [0.1, 0.15) is 5.78 Å². The largest absolute Gasteiger partial charge is 0.299 e. The zero-order valence-corrected chi connectivity index (χ0v) is 13.0. The molecular weight excluding hydrogens is 244 g/mol.